The van der Waals surface area contributed by atoms with E-state index in [2.05, 4.69) is 25.3 Å². The predicted molar refractivity (Wildman–Crippen MR) is 86.6 cm³/mol. The zero-order valence-electron chi connectivity index (χ0n) is 12.2. The topological polar surface area (TPSA) is 0 Å². The fourth-order valence-corrected chi connectivity index (χ4v) is 1.01. The highest BCUT2D eigenvalue weighted by atomic mass is 13.9. The van der Waals surface area contributed by atoms with Crippen LogP contribution >= 0.6 is 0 Å². The molecule has 1 rings (SSSR count). The van der Waals surface area contributed by atoms with Gasteiger partial charge in [0, 0.05) is 0 Å². The van der Waals surface area contributed by atoms with Crippen molar-refractivity contribution < 1.29 is 0 Å². The average molecular weight is 242 g/mol. The number of allylic oxidation sites excluding steroid dienone is 5. The molecule has 0 nitrogen and oxygen atoms in total. The van der Waals surface area contributed by atoms with Gasteiger partial charge in [0.2, 0.25) is 0 Å². The molecule has 0 heteroatoms. The summed E-state index contributed by atoms with van der Waals surface area (Å²) in [6, 6.07) is 10.1. The van der Waals surface area contributed by atoms with Crippen molar-refractivity contribution in [1.82, 2.24) is 0 Å². The third kappa shape index (κ3) is 10.7. The molecule has 0 bridgehead atoms. The summed E-state index contributed by atoms with van der Waals surface area (Å²) >= 11 is 0. The van der Waals surface area contributed by atoms with E-state index in [1.54, 1.807) is 6.08 Å². The standard InChI is InChI=1S/C14H14.2C2H6/c1-3-4-8-13(2)11-12-14-9-6-5-7-10-14;2*1-2/h3-12H,1-2H2;2*1-2H3/b8-4-,12-11+;;. The lowest BCUT2D eigenvalue weighted by Gasteiger charge is -1.91. The van der Waals surface area contributed by atoms with Crippen LogP contribution in [0.3, 0.4) is 0 Å². The Kier molecular flexibility index (Phi) is 15.6. The molecule has 0 aromatic heterocycles. The molecule has 1 aromatic rings. The molecule has 0 aliphatic carbocycles. The molecule has 0 saturated carbocycles. The van der Waals surface area contributed by atoms with Gasteiger partial charge < -0.3 is 0 Å². The van der Waals surface area contributed by atoms with Gasteiger partial charge >= 0.3 is 0 Å². The first-order chi connectivity index (χ1) is 8.83. The van der Waals surface area contributed by atoms with Crippen LogP contribution in [0.2, 0.25) is 0 Å². The van der Waals surface area contributed by atoms with Crippen LogP contribution in [0, 0.1) is 0 Å². The Labute approximate surface area is 113 Å². The zero-order valence-corrected chi connectivity index (χ0v) is 12.2. The molecule has 0 amide bonds. The number of hydrogen-bond donors (Lipinski definition) is 0. The third-order valence-electron chi connectivity index (χ3n) is 1.74. The van der Waals surface area contributed by atoms with Gasteiger partial charge in [0.25, 0.3) is 0 Å². The average Bonchev–Trinajstić information content (AvgIpc) is 2.48. The summed E-state index contributed by atoms with van der Waals surface area (Å²) in [7, 11) is 0. The van der Waals surface area contributed by atoms with E-state index in [4.69, 9.17) is 0 Å². The lowest BCUT2D eigenvalue weighted by atomic mass is 10.1. The van der Waals surface area contributed by atoms with E-state index in [1.165, 1.54) is 5.56 Å². The molecular formula is C18H26. The van der Waals surface area contributed by atoms with Gasteiger partial charge in [-0.1, -0.05) is 102 Å². The fourth-order valence-electron chi connectivity index (χ4n) is 1.01. The Morgan fingerprint density at radius 3 is 2.00 bits per heavy atom. The molecule has 0 aliphatic rings. The van der Waals surface area contributed by atoms with Gasteiger partial charge in [-0.25, -0.2) is 0 Å². The van der Waals surface area contributed by atoms with E-state index >= 15 is 0 Å². The summed E-state index contributed by atoms with van der Waals surface area (Å²) in [6.07, 6.45) is 9.55. The minimum Gasteiger partial charge on any atom is -0.0991 e. The summed E-state index contributed by atoms with van der Waals surface area (Å²) in [6.45, 7) is 15.5. The van der Waals surface area contributed by atoms with Gasteiger partial charge in [-0.3, -0.25) is 0 Å². The fraction of sp³-hybridized carbons (Fsp3) is 0.222. The maximum absolute atomic E-state index is 3.89. The number of hydrogen-bond acceptors (Lipinski definition) is 0. The Morgan fingerprint density at radius 1 is 0.944 bits per heavy atom. The molecule has 0 unspecified atom stereocenters. The molecule has 98 valence electrons. The van der Waals surface area contributed by atoms with Gasteiger partial charge in [-0.15, -0.1) is 0 Å². The second-order valence-electron chi connectivity index (χ2n) is 2.91. The summed E-state index contributed by atoms with van der Waals surface area (Å²) in [5, 5.41) is 0. The highest BCUT2D eigenvalue weighted by Crippen LogP contribution is 2.04. The summed E-state index contributed by atoms with van der Waals surface area (Å²) in [5.74, 6) is 0. The molecule has 0 aliphatic heterocycles. The van der Waals surface area contributed by atoms with Crippen LogP contribution in [-0.4, -0.2) is 0 Å². The van der Waals surface area contributed by atoms with Crippen molar-refractivity contribution in [1.29, 1.82) is 0 Å². The van der Waals surface area contributed by atoms with Crippen molar-refractivity contribution >= 4 is 6.08 Å². The minimum atomic E-state index is 0.966. The van der Waals surface area contributed by atoms with Crippen LogP contribution in [0.25, 0.3) is 6.08 Å². The molecule has 18 heavy (non-hydrogen) atoms. The molecular weight excluding hydrogens is 216 g/mol. The van der Waals surface area contributed by atoms with E-state index in [9.17, 15) is 0 Å². The lowest BCUT2D eigenvalue weighted by Crippen LogP contribution is -1.70. The van der Waals surface area contributed by atoms with Crippen molar-refractivity contribution in [3.63, 3.8) is 0 Å². The molecule has 0 spiro atoms. The van der Waals surface area contributed by atoms with Crippen molar-refractivity contribution in [2.45, 2.75) is 27.7 Å². The van der Waals surface area contributed by atoms with Crippen molar-refractivity contribution in [2.24, 2.45) is 0 Å². The van der Waals surface area contributed by atoms with Gasteiger partial charge in [-0.05, 0) is 11.1 Å². The molecule has 0 N–H and O–H groups in total. The van der Waals surface area contributed by atoms with E-state index in [-0.39, 0.29) is 0 Å². The number of rotatable bonds is 4. The summed E-state index contributed by atoms with van der Waals surface area (Å²) < 4.78 is 0. The monoisotopic (exact) mass is 242 g/mol. The van der Waals surface area contributed by atoms with E-state index < -0.39 is 0 Å². The Morgan fingerprint density at radius 2 is 1.50 bits per heavy atom. The second-order valence-corrected chi connectivity index (χ2v) is 2.91. The minimum absolute atomic E-state index is 0.966. The highest BCUT2D eigenvalue weighted by Gasteiger charge is 1.82. The Hall–Kier alpha value is -1.82. The summed E-state index contributed by atoms with van der Waals surface area (Å²) in [5.41, 5.74) is 2.15. The van der Waals surface area contributed by atoms with Crippen molar-refractivity contribution in [2.75, 3.05) is 0 Å². The third-order valence-corrected chi connectivity index (χ3v) is 1.74. The van der Waals surface area contributed by atoms with Crippen LogP contribution in [0.5, 0.6) is 0 Å². The van der Waals surface area contributed by atoms with E-state index in [1.807, 2.05) is 70.2 Å². The molecule has 0 radical (unpaired) electrons. The van der Waals surface area contributed by atoms with Crippen LogP contribution < -0.4 is 0 Å². The number of benzene rings is 1. The maximum atomic E-state index is 3.89. The van der Waals surface area contributed by atoms with Crippen LogP contribution in [0.15, 0.2) is 73.4 Å². The first-order valence-corrected chi connectivity index (χ1v) is 6.54. The molecule has 0 fully saturated rings. The molecule has 0 saturated heterocycles. The molecule has 1 aromatic carbocycles. The molecule has 0 heterocycles. The maximum Gasteiger partial charge on any atom is -0.0256 e. The van der Waals surface area contributed by atoms with E-state index in [0.717, 1.165) is 5.57 Å². The van der Waals surface area contributed by atoms with Gasteiger partial charge in [0.1, 0.15) is 0 Å². The zero-order chi connectivity index (χ0) is 14.2. The van der Waals surface area contributed by atoms with Crippen LogP contribution in [0.4, 0.5) is 0 Å². The van der Waals surface area contributed by atoms with Crippen molar-refractivity contribution in [3.8, 4) is 0 Å². The van der Waals surface area contributed by atoms with E-state index in [0.29, 0.717) is 0 Å². The lowest BCUT2D eigenvalue weighted by molar-refractivity contribution is 1.50. The van der Waals surface area contributed by atoms with Gasteiger partial charge in [-0.2, -0.15) is 0 Å². The Bertz CT molecular complexity index is 353. The first kappa shape index (κ1) is 18.5. The first-order valence-electron chi connectivity index (χ1n) is 6.54. The largest absolute Gasteiger partial charge is 0.0991 e. The van der Waals surface area contributed by atoms with Gasteiger partial charge in [0.15, 0.2) is 0 Å². The van der Waals surface area contributed by atoms with Crippen LogP contribution in [0.1, 0.15) is 33.3 Å². The molecule has 0 atom stereocenters. The van der Waals surface area contributed by atoms with Crippen LogP contribution in [-0.2, 0) is 0 Å². The van der Waals surface area contributed by atoms with Gasteiger partial charge in [0.05, 0.1) is 0 Å². The van der Waals surface area contributed by atoms with Crippen molar-refractivity contribution in [3.05, 3.63) is 78.9 Å². The predicted octanol–water partition coefficient (Wildman–Crippen LogP) is 6.05. The Balaban J connectivity index is 0. The highest BCUT2D eigenvalue weighted by molar-refractivity contribution is 5.54. The normalized spacial score (nSPS) is 9.11. The SMILES string of the molecule is C=C/C=C\C(=C)/C=C/c1ccccc1.CC.CC. The smallest absolute Gasteiger partial charge is 0.0256 e. The quantitative estimate of drug-likeness (QED) is 0.564. The summed E-state index contributed by atoms with van der Waals surface area (Å²) in [4.78, 5) is 0. The second kappa shape index (κ2) is 15.2.